The maximum Gasteiger partial charge on any atom is 0.306 e. The van der Waals surface area contributed by atoms with Crippen molar-refractivity contribution < 1.29 is 49.0 Å². The quantitative estimate of drug-likeness (QED) is 0.0296. The lowest BCUT2D eigenvalue weighted by Crippen LogP contribution is -2.59. The fourth-order valence-corrected chi connectivity index (χ4v) is 5.39. The van der Waals surface area contributed by atoms with E-state index in [0.717, 1.165) is 70.6 Å². The Morgan fingerprint density at radius 2 is 0.982 bits per heavy atom. The summed E-state index contributed by atoms with van der Waals surface area (Å²) < 4.78 is 22.0. The third-order valence-corrected chi connectivity index (χ3v) is 8.65. The van der Waals surface area contributed by atoms with Crippen molar-refractivity contribution >= 4 is 11.9 Å². The lowest BCUT2D eigenvalue weighted by Gasteiger charge is -2.39. The number of aliphatic hydroxyl groups excluding tert-OH is 4. The molecule has 0 aromatic carbocycles. The first-order chi connectivity index (χ1) is 27.8. The Labute approximate surface area is 342 Å². The van der Waals surface area contributed by atoms with Crippen LogP contribution in [0.5, 0.6) is 0 Å². The molecule has 4 N–H and O–H groups in total. The summed E-state index contributed by atoms with van der Waals surface area (Å²) in [7, 11) is 0. The normalized spacial score (nSPS) is 21.4. The Kier molecular flexibility index (Phi) is 33.1. The first-order valence-corrected chi connectivity index (χ1v) is 21.0. The number of ether oxygens (including phenoxy) is 4. The zero-order valence-corrected chi connectivity index (χ0v) is 34.5. The molecule has 0 bridgehead atoms. The molecule has 0 unspecified atom stereocenters. The van der Waals surface area contributed by atoms with Crippen molar-refractivity contribution in [3.05, 3.63) is 109 Å². The zero-order valence-electron chi connectivity index (χ0n) is 34.5. The van der Waals surface area contributed by atoms with Crippen molar-refractivity contribution in [2.24, 2.45) is 0 Å². The number of hydrogen-bond donors (Lipinski definition) is 4. The van der Waals surface area contributed by atoms with Gasteiger partial charge in [0.2, 0.25) is 0 Å². The second-order valence-electron chi connectivity index (χ2n) is 13.7. The van der Waals surface area contributed by atoms with Gasteiger partial charge in [0.05, 0.1) is 13.2 Å². The molecule has 1 fully saturated rings. The first-order valence-electron chi connectivity index (χ1n) is 21.0. The van der Waals surface area contributed by atoms with Crippen LogP contribution in [0, 0.1) is 0 Å². The van der Waals surface area contributed by atoms with Gasteiger partial charge in [0, 0.05) is 12.8 Å². The number of allylic oxidation sites excluding steroid dienone is 18. The van der Waals surface area contributed by atoms with Gasteiger partial charge in [-0.3, -0.25) is 9.59 Å². The molecule has 0 saturated carbocycles. The largest absolute Gasteiger partial charge is 0.462 e. The van der Waals surface area contributed by atoms with E-state index in [2.05, 4.69) is 117 Å². The lowest BCUT2D eigenvalue weighted by atomic mass is 9.99. The van der Waals surface area contributed by atoms with E-state index in [1.807, 2.05) is 6.08 Å². The third kappa shape index (κ3) is 28.4. The van der Waals surface area contributed by atoms with Gasteiger partial charge < -0.3 is 39.4 Å². The highest BCUT2D eigenvalue weighted by Crippen LogP contribution is 2.22. The van der Waals surface area contributed by atoms with Crippen molar-refractivity contribution in [2.75, 3.05) is 19.8 Å². The molecule has 1 aliphatic heterocycles. The summed E-state index contributed by atoms with van der Waals surface area (Å²) in [4.78, 5) is 25.2. The van der Waals surface area contributed by atoms with Gasteiger partial charge in [-0.1, -0.05) is 123 Å². The second kappa shape index (κ2) is 36.7. The second-order valence-corrected chi connectivity index (χ2v) is 13.7. The van der Waals surface area contributed by atoms with Crippen LogP contribution in [-0.4, -0.2) is 89.0 Å². The minimum absolute atomic E-state index is 0.158. The molecule has 10 heteroatoms. The molecule has 1 saturated heterocycles. The van der Waals surface area contributed by atoms with Gasteiger partial charge in [0.1, 0.15) is 31.0 Å². The Balaban J connectivity index is 2.45. The molecule has 10 nitrogen and oxygen atoms in total. The van der Waals surface area contributed by atoms with Crippen LogP contribution >= 0.6 is 0 Å². The predicted octanol–water partition coefficient (Wildman–Crippen LogP) is 8.55. The zero-order chi connectivity index (χ0) is 41.6. The highest BCUT2D eigenvalue weighted by Gasteiger charge is 2.44. The summed E-state index contributed by atoms with van der Waals surface area (Å²) in [5, 5.41) is 40.0. The molecule has 1 aliphatic rings. The summed E-state index contributed by atoms with van der Waals surface area (Å²) in [5.41, 5.74) is 0. The molecular formula is C47H72O10. The van der Waals surface area contributed by atoms with Crippen LogP contribution in [0.15, 0.2) is 109 Å². The van der Waals surface area contributed by atoms with E-state index in [1.54, 1.807) is 0 Å². The summed E-state index contributed by atoms with van der Waals surface area (Å²) in [6, 6.07) is 0. The van der Waals surface area contributed by atoms with E-state index in [4.69, 9.17) is 18.9 Å². The smallest absolute Gasteiger partial charge is 0.306 e. The number of unbranched alkanes of at least 4 members (excludes halogenated alkanes) is 3. The average molecular weight is 797 g/mol. The van der Waals surface area contributed by atoms with Gasteiger partial charge in [0.25, 0.3) is 0 Å². The summed E-state index contributed by atoms with van der Waals surface area (Å²) in [6.45, 7) is 3.06. The summed E-state index contributed by atoms with van der Waals surface area (Å²) in [6.07, 6.45) is 42.5. The van der Waals surface area contributed by atoms with Crippen molar-refractivity contribution in [1.29, 1.82) is 0 Å². The fraction of sp³-hybridized carbons (Fsp3) is 0.574. The molecule has 0 spiro atoms. The van der Waals surface area contributed by atoms with Crippen molar-refractivity contribution in [3.63, 3.8) is 0 Å². The molecule has 57 heavy (non-hydrogen) atoms. The van der Waals surface area contributed by atoms with E-state index < -0.39 is 55.4 Å². The predicted molar refractivity (Wildman–Crippen MR) is 228 cm³/mol. The van der Waals surface area contributed by atoms with Gasteiger partial charge in [-0.15, -0.1) is 0 Å². The van der Waals surface area contributed by atoms with E-state index in [0.29, 0.717) is 19.3 Å². The average Bonchev–Trinajstić information content (AvgIpc) is 3.21. The Morgan fingerprint density at radius 1 is 0.544 bits per heavy atom. The minimum Gasteiger partial charge on any atom is -0.462 e. The summed E-state index contributed by atoms with van der Waals surface area (Å²) >= 11 is 0. The molecular weight excluding hydrogens is 725 g/mol. The number of carbonyl (C=O) groups excluding carboxylic acids is 2. The molecule has 0 radical (unpaired) electrons. The Hall–Kier alpha value is -3.64. The van der Waals surface area contributed by atoms with Crippen molar-refractivity contribution in [2.45, 2.75) is 153 Å². The monoisotopic (exact) mass is 797 g/mol. The van der Waals surface area contributed by atoms with Gasteiger partial charge in [-0.2, -0.15) is 0 Å². The molecule has 6 atom stereocenters. The van der Waals surface area contributed by atoms with Crippen molar-refractivity contribution in [3.8, 4) is 0 Å². The third-order valence-electron chi connectivity index (χ3n) is 8.65. The number of hydrogen-bond acceptors (Lipinski definition) is 10. The van der Waals surface area contributed by atoms with E-state index in [-0.39, 0.29) is 26.1 Å². The maximum absolute atomic E-state index is 12.7. The van der Waals surface area contributed by atoms with Gasteiger partial charge in [-0.25, -0.2) is 0 Å². The molecule has 1 heterocycles. The van der Waals surface area contributed by atoms with E-state index >= 15 is 0 Å². The molecule has 0 amide bonds. The number of carbonyl (C=O) groups is 2. The standard InChI is InChI=1S/C47H72O10/c1-3-5-7-9-11-13-15-17-19-20-22-23-25-27-29-31-33-35-42(49)54-38-40(39-55-47-46(53)45(52)44(51)41(37-48)57-47)56-43(50)36-34-32-30-28-26-24-21-18-16-14-12-10-8-6-4-2/h5-8,11-14,17-19,21-23,26-29,40-41,44-48,51-53H,3-4,9-10,15-16,20,24-25,30-39H2,1-2H3/b7-5+,8-6+,13-11+,14-12+,19-17+,21-18+,23-22+,28-26+,29-27+/t40-,41-,44+,45+,46-,47-/m1/s1. The number of aliphatic hydroxyl groups is 4. The maximum atomic E-state index is 12.7. The Bertz CT molecular complexity index is 1290. The summed E-state index contributed by atoms with van der Waals surface area (Å²) in [5.74, 6) is -0.939. The first kappa shape index (κ1) is 51.4. The van der Waals surface area contributed by atoms with Gasteiger partial charge >= 0.3 is 11.9 Å². The van der Waals surface area contributed by atoms with Crippen LogP contribution in [0.25, 0.3) is 0 Å². The van der Waals surface area contributed by atoms with Crippen molar-refractivity contribution in [1.82, 2.24) is 0 Å². The van der Waals surface area contributed by atoms with Crippen LogP contribution in [0.4, 0.5) is 0 Å². The van der Waals surface area contributed by atoms with Gasteiger partial charge in [-0.05, 0) is 89.9 Å². The fourth-order valence-electron chi connectivity index (χ4n) is 5.39. The molecule has 320 valence electrons. The topological polar surface area (TPSA) is 152 Å². The molecule has 0 aromatic rings. The number of esters is 2. The Morgan fingerprint density at radius 3 is 1.46 bits per heavy atom. The van der Waals surface area contributed by atoms with Crippen LogP contribution in [0.1, 0.15) is 117 Å². The lowest BCUT2D eigenvalue weighted by molar-refractivity contribution is -0.305. The van der Waals surface area contributed by atoms with Crippen LogP contribution in [-0.2, 0) is 28.5 Å². The molecule has 0 aromatic heterocycles. The van der Waals surface area contributed by atoms with Gasteiger partial charge in [0.15, 0.2) is 12.4 Å². The SMILES string of the molecule is CC/C=C/C/C=C/C/C=C/C/C=C/C/C=C/CCCC(=O)OC[C@H](CO[C@@H]1O[C@H](CO)[C@H](O)[C@H](O)[C@H]1O)OC(=O)CCCC/C=C/C/C=C/C/C=C/C/C=C/CC. The van der Waals surface area contributed by atoms with Crippen LogP contribution in [0.3, 0.4) is 0 Å². The number of rotatable bonds is 32. The van der Waals surface area contributed by atoms with E-state index in [1.165, 1.54) is 0 Å². The molecule has 0 aliphatic carbocycles. The highest BCUT2D eigenvalue weighted by atomic mass is 16.7. The van der Waals surface area contributed by atoms with E-state index in [9.17, 15) is 30.0 Å². The van der Waals surface area contributed by atoms with Crippen LogP contribution in [0.2, 0.25) is 0 Å². The molecule has 1 rings (SSSR count). The van der Waals surface area contributed by atoms with Crippen LogP contribution < -0.4 is 0 Å². The minimum atomic E-state index is -1.62. The highest BCUT2D eigenvalue weighted by molar-refractivity contribution is 5.70.